The lowest BCUT2D eigenvalue weighted by atomic mass is 10.1. The van der Waals surface area contributed by atoms with Gasteiger partial charge in [0.25, 0.3) is 5.91 Å². The van der Waals surface area contributed by atoms with E-state index in [0.717, 1.165) is 13.3 Å². The molecule has 5 unspecified atom stereocenters. The maximum Gasteiger partial charge on any atom is 0.414 e. The zero-order valence-electron chi connectivity index (χ0n) is 15.7. The zero-order valence-corrected chi connectivity index (χ0v) is 16.4. The van der Waals surface area contributed by atoms with E-state index in [1.54, 1.807) is 24.3 Å². The van der Waals surface area contributed by atoms with Crippen molar-refractivity contribution >= 4 is 23.4 Å². The highest BCUT2D eigenvalue weighted by Gasteiger charge is 2.55. The number of alkyl halides is 3. The molecule has 3 rings (SSSR count). The predicted molar refractivity (Wildman–Crippen MR) is 98.5 cm³/mol. The molecule has 29 heavy (non-hydrogen) atoms. The largest absolute Gasteiger partial charge is 0.484 e. The molecule has 2 aliphatic rings. The van der Waals surface area contributed by atoms with E-state index >= 15 is 0 Å². The Morgan fingerprint density at radius 2 is 1.62 bits per heavy atom. The van der Waals surface area contributed by atoms with Gasteiger partial charge in [0.05, 0.1) is 0 Å². The second kappa shape index (κ2) is 8.79. The van der Waals surface area contributed by atoms with Crippen LogP contribution in [-0.2, 0) is 14.3 Å². The Bertz CT molecular complexity index is 744. The van der Waals surface area contributed by atoms with E-state index in [0.29, 0.717) is 17.2 Å². The van der Waals surface area contributed by atoms with Gasteiger partial charge in [-0.25, -0.2) is 0 Å². The van der Waals surface area contributed by atoms with Gasteiger partial charge < -0.3 is 20.1 Å². The molecule has 160 valence electrons. The molecule has 6 nitrogen and oxygen atoms in total. The van der Waals surface area contributed by atoms with Crippen molar-refractivity contribution in [2.75, 3.05) is 13.2 Å². The second-order valence-electron chi connectivity index (χ2n) is 7.38. The minimum atomic E-state index is -4.50. The van der Waals surface area contributed by atoms with Crippen LogP contribution in [0.15, 0.2) is 24.3 Å². The highest BCUT2D eigenvalue weighted by molar-refractivity contribution is 6.30. The molecule has 0 heterocycles. The van der Waals surface area contributed by atoms with Crippen molar-refractivity contribution in [3.8, 4) is 5.75 Å². The van der Waals surface area contributed by atoms with Gasteiger partial charge in [-0.1, -0.05) is 11.6 Å². The number of amides is 2. The first kappa shape index (κ1) is 21.7. The van der Waals surface area contributed by atoms with Crippen molar-refractivity contribution in [1.29, 1.82) is 0 Å². The molecule has 2 amide bonds. The topological polar surface area (TPSA) is 76.7 Å². The van der Waals surface area contributed by atoms with Crippen molar-refractivity contribution in [3.05, 3.63) is 29.3 Å². The Hall–Kier alpha value is -2.00. The van der Waals surface area contributed by atoms with Crippen LogP contribution in [0, 0.1) is 11.8 Å². The van der Waals surface area contributed by atoms with Crippen molar-refractivity contribution in [2.45, 2.75) is 44.1 Å². The van der Waals surface area contributed by atoms with Crippen LogP contribution < -0.4 is 15.4 Å². The molecule has 1 aromatic carbocycles. The number of halogens is 4. The molecule has 0 bridgehead atoms. The third kappa shape index (κ3) is 5.99. The number of hydrogen-bond donors (Lipinski definition) is 2. The first-order valence-electron chi connectivity index (χ1n) is 9.29. The molecule has 2 N–H and O–H groups in total. The average Bonchev–Trinajstić information content (AvgIpc) is 3.38. The van der Waals surface area contributed by atoms with Crippen LogP contribution >= 0.6 is 11.6 Å². The normalized spacial score (nSPS) is 26.4. The quantitative estimate of drug-likeness (QED) is 0.659. The van der Waals surface area contributed by atoms with Crippen LogP contribution in [0.5, 0.6) is 5.75 Å². The number of carbonyl (C=O) groups excluding carboxylic acids is 2. The Kier molecular flexibility index (Phi) is 6.58. The highest BCUT2D eigenvalue weighted by Crippen LogP contribution is 2.51. The van der Waals surface area contributed by atoms with E-state index < -0.39 is 24.8 Å². The maximum absolute atomic E-state index is 12.4. The summed E-state index contributed by atoms with van der Waals surface area (Å²) in [4.78, 5) is 24.0. The summed E-state index contributed by atoms with van der Waals surface area (Å²) in [6.07, 6.45) is -5.12. The van der Waals surface area contributed by atoms with Gasteiger partial charge >= 0.3 is 6.18 Å². The van der Waals surface area contributed by atoms with Gasteiger partial charge in [0.2, 0.25) is 5.91 Å². The van der Waals surface area contributed by atoms with Crippen LogP contribution in [0.25, 0.3) is 0 Å². The zero-order chi connectivity index (χ0) is 21.2. The molecule has 0 aliphatic heterocycles. The summed E-state index contributed by atoms with van der Waals surface area (Å²) >= 11 is 5.79. The molecule has 0 saturated heterocycles. The van der Waals surface area contributed by atoms with Crippen molar-refractivity contribution in [1.82, 2.24) is 10.6 Å². The molecule has 10 heteroatoms. The fraction of sp³-hybridized carbons (Fsp3) is 0.579. The number of ether oxygens (including phenoxy) is 2. The molecule has 2 aliphatic carbocycles. The van der Waals surface area contributed by atoms with Crippen LogP contribution in [-0.4, -0.2) is 49.4 Å². The molecular formula is C19H22ClF3N2O4. The van der Waals surface area contributed by atoms with Crippen LogP contribution in [0.1, 0.15) is 19.8 Å². The lowest BCUT2D eigenvalue weighted by Gasteiger charge is -2.20. The summed E-state index contributed by atoms with van der Waals surface area (Å²) in [5.74, 6) is 0.148. The van der Waals surface area contributed by atoms with E-state index in [-0.39, 0.29) is 36.4 Å². The van der Waals surface area contributed by atoms with E-state index in [2.05, 4.69) is 15.4 Å². The van der Waals surface area contributed by atoms with Gasteiger partial charge in [0.15, 0.2) is 12.7 Å². The smallest absolute Gasteiger partial charge is 0.414 e. The van der Waals surface area contributed by atoms with Gasteiger partial charge in [-0.05, 0) is 55.9 Å². The van der Waals surface area contributed by atoms with E-state index in [1.807, 2.05) is 0 Å². The highest BCUT2D eigenvalue weighted by atomic mass is 35.5. The van der Waals surface area contributed by atoms with E-state index in [1.165, 1.54) is 0 Å². The van der Waals surface area contributed by atoms with Gasteiger partial charge in [-0.15, -0.1) is 0 Å². The summed E-state index contributed by atoms with van der Waals surface area (Å²) in [5, 5.41) is 6.19. The number of rotatable bonds is 8. The third-order valence-electron chi connectivity index (χ3n) is 5.23. The minimum absolute atomic E-state index is 0.0957. The van der Waals surface area contributed by atoms with Crippen LogP contribution in [0.3, 0.4) is 0 Å². The molecular weight excluding hydrogens is 413 g/mol. The number of fused-ring (bicyclic) bond motifs is 1. The molecule has 0 aromatic heterocycles. The van der Waals surface area contributed by atoms with Gasteiger partial charge in [-0.2, -0.15) is 13.2 Å². The summed E-state index contributed by atoms with van der Waals surface area (Å²) in [5.41, 5.74) is 0. The van der Waals surface area contributed by atoms with Crippen LogP contribution in [0.4, 0.5) is 13.2 Å². The minimum Gasteiger partial charge on any atom is -0.484 e. The summed E-state index contributed by atoms with van der Waals surface area (Å²) < 4.78 is 47.2. The van der Waals surface area contributed by atoms with Crippen molar-refractivity contribution < 1.29 is 32.2 Å². The first-order chi connectivity index (χ1) is 13.6. The Morgan fingerprint density at radius 1 is 1.07 bits per heavy atom. The number of carbonyl (C=O) groups is 2. The lowest BCUT2D eigenvalue weighted by Crippen LogP contribution is -2.43. The molecule has 0 radical (unpaired) electrons. The molecule has 5 atom stereocenters. The Balaban J connectivity index is 1.39. The van der Waals surface area contributed by atoms with E-state index in [9.17, 15) is 22.8 Å². The molecule has 1 aromatic rings. The van der Waals surface area contributed by atoms with E-state index in [4.69, 9.17) is 16.3 Å². The van der Waals surface area contributed by atoms with Gasteiger partial charge in [0.1, 0.15) is 12.4 Å². The first-order valence-corrected chi connectivity index (χ1v) is 9.66. The number of benzene rings is 1. The maximum atomic E-state index is 12.4. The monoisotopic (exact) mass is 434 g/mol. The van der Waals surface area contributed by atoms with Crippen molar-refractivity contribution in [3.63, 3.8) is 0 Å². The van der Waals surface area contributed by atoms with Crippen molar-refractivity contribution in [2.24, 2.45) is 11.8 Å². The third-order valence-corrected chi connectivity index (χ3v) is 5.49. The predicted octanol–water partition coefficient (Wildman–Crippen LogP) is 2.70. The number of nitrogens with one attached hydrogen (secondary N) is 2. The standard InChI is InChI=1S/C19H22ClF3N2O4/c1-10(19(21,22)23)28-8-17(26)24-15-7-16(14-6-13(14)15)25-18(27)9-29-12-4-2-11(20)3-5-12/h2-5,10,13-16H,6-9H2,1H3,(H,24,26)(H,25,27). The molecule has 0 spiro atoms. The lowest BCUT2D eigenvalue weighted by molar-refractivity contribution is -0.213. The molecule has 2 saturated carbocycles. The Labute approximate surface area is 171 Å². The number of hydrogen-bond acceptors (Lipinski definition) is 4. The molecule has 2 fully saturated rings. The Morgan fingerprint density at radius 3 is 2.17 bits per heavy atom. The second-order valence-corrected chi connectivity index (χ2v) is 7.82. The SMILES string of the molecule is CC(OCC(=O)NC1CC(NC(=O)COc2ccc(Cl)cc2)C2CC12)C(F)(F)F. The van der Waals surface area contributed by atoms with Gasteiger partial charge in [0, 0.05) is 17.1 Å². The van der Waals surface area contributed by atoms with Crippen LogP contribution in [0.2, 0.25) is 5.02 Å². The summed E-state index contributed by atoms with van der Waals surface area (Å²) in [6.45, 7) is 0.0632. The average molecular weight is 435 g/mol. The van der Waals surface area contributed by atoms with Gasteiger partial charge in [-0.3, -0.25) is 9.59 Å². The fourth-order valence-electron chi connectivity index (χ4n) is 3.59. The summed E-state index contributed by atoms with van der Waals surface area (Å²) in [7, 11) is 0. The summed E-state index contributed by atoms with van der Waals surface area (Å²) in [6, 6.07) is 6.37. The fourth-order valence-corrected chi connectivity index (χ4v) is 3.71.